The standard InChI is InChI=1S/C10H13ClN2O/c11-9-5-7(12)1-2-8(9)10-6-13-3-4-14-10/h1-2,5,10,13H,3-4,6,12H2. The molecule has 3 nitrogen and oxygen atoms in total. The summed E-state index contributed by atoms with van der Waals surface area (Å²) >= 11 is 6.08. The SMILES string of the molecule is Nc1ccc(C2CNCCO2)c(Cl)c1. The lowest BCUT2D eigenvalue weighted by atomic mass is 10.1. The fraction of sp³-hybridized carbons (Fsp3) is 0.400. The van der Waals surface area contributed by atoms with Gasteiger partial charge in [0.25, 0.3) is 0 Å². The molecule has 2 rings (SSSR count). The number of nitrogen functional groups attached to an aromatic ring is 1. The number of ether oxygens (including phenoxy) is 1. The normalized spacial score (nSPS) is 22.2. The van der Waals surface area contributed by atoms with Gasteiger partial charge < -0.3 is 15.8 Å². The molecule has 14 heavy (non-hydrogen) atoms. The Hall–Kier alpha value is -0.770. The number of morpholine rings is 1. The molecule has 1 fully saturated rings. The molecule has 0 amide bonds. The zero-order valence-electron chi connectivity index (χ0n) is 7.79. The number of nitrogens with two attached hydrogens (primary N) is 1. The van der Waals surface area contributed by atoms with Crippen molar-refractivity contribution in [2.45, 2.75) is 6.10 Å². The zero-order valence-corrected chi connectivity index (χ0v) is 8.55. The van der Waals surface area contributed by atoms with Crippen molar-refractivity contribution in [1.82, 2.24) is 5.32 Å². The Morgan fingerprint density at radius 2 is 2.36 bits per heavy atom. The Kier molecular flexibility index (Phi) is 2.91. The summed E-state index contributed by atoms with van der Waals surface area (Å²) in [6.45, 7) is 2.44. The van der Waals surface area contributed by atoms with E-state index in [9.17, 15) is 0 Å². The number of rotatable bonds is 1. The van der Waals surface area contributed by atoms with Crippen molar-refractivity contribution in [2.75, 3.05) is 25.4 Å². The third kappa shape index (κ3) is 2.00. The van der Waals surface area contributed by atoms with E-state index in [2.05, 4.69) is 5.32 Å². The number of anilines is 1. The van der Waals surface area contributed by atoms with Gasteiger partial charge in [0.1, 0.15) is 0 Å². The summed E-state index contributed by atoms with van der Waals surface area (Å²) in [7, 11) is 0. The van der Waals surface area contributed by atoms with Crippen molar-refractivity contribution in [3.8, 4) is 0 Å². The van der Waals surface area contributed by atoms with Crippen LogP contribution in [0.4, 0.5) is 5.69 Å². The number of hydrogen-bond donors (Lipinski definition) is 2. The van der Waals surface area contributed by atoms with Crippen molar-refractivity contribution >= 4 is 17.3 Å². The molecule has 0 saturated carbocycles. The minimum Gasteiger partial charge on any atom is -0.399 e. The van der Waals surface area contributed by atoms with Crippen molar-refractivity contribution in [3.05, 3.63) is 28.8 Å². The van der Waals surface area contributed by atoms with Gasteiger partial charge in [0.15, 0.2) is 0 Å². The van der Waals surface area contributed by atoms with E-state index in [4.69, 9.17) is 22.1 Å². The van der Waals surface area contributed by atoms with Crippen LogP contribution in [0.15, 0.2) is 18.2 Å². The van der Waals surface area contributed by atoms with Crippen LogP contribution in [-0.4, -0.2) is 19.7 Å². The molecule has 1 unspecified atom stereocenters. The maximum absolute atomic E-state index is 6.08. The summed E-state index contributed by atoms with van der Waals surface area (Å²) in [4.78, 5) is 0. The van der Waals surface area contributed by atoms with E-state index in [0.717, 1.165) is 25.3 Å². The van der Waals surface area contributed by atoms with Crippen LogP contribution in [-0.2, 0) is 4.74 Å². The van der Waals surface area contributed by atoms with Gasteiger partial charge in [-0.1, -0.05) is 17.7 Å². The Bertz CT molecular complexity index is 324. The number of halogens is 1. The van der Waals surface area contributed by atoms with Gasteiger partial charge in [0, 0.05) is 29.4 Å². The Morgan fingerprint density at radius 3 is 3.00 bits per heavy atom. The molecule has 0 spiro atoms. The first kappa shape index (κ1) is 9.77. The van der Waals surface area contributed by atoms with Crippen LogP contribution in [0.2, 0.25) is 5.02 Å². The molecule has 1 aliphatic heterocycles. The highest BCUT2D eigenvalue weighted by molar-refractivity contribution is 6.31. The van der Waals surface area contributed by atoms with Gasteiger partial charge in [-0.3, -0.25) is 0 Å². The maximum Gasteiger partial charge on any atom is 0.0964 e. The van der Waals surface area contributed by atoms with Crippen LogP contribution in [0.5, 0.6) is 0 Å². The van der Waals surface area contributed by atoms with E-state index in [1.54, 1.807) is 6.07 Å². The number of nitrogens with one attached hydrogen (secondary N) is 1. The smallest absolute Gasteiger partial charge is 0.0964 e. The third-order valence-electron chi connectivity index (χ3n) is 2.30. The summed E-state index contributed by atoms with van der Waals surface area (Å²) in [6, 6.07) is 5.53. The highest BCUT2D eigenvalue weighted by Crippen LogP contribution is 2.27. The highest BCUT2D eigenvalue weighted by Gasteiger charge is 2.17. The lowest BCUT2D eigenvalue weighted by Crippen LogP contribution is -2.33. The molecule has 76 valence electrons. The molecule has 1 aliphatic rings. The fourth-order valence-corrected chi connectivity index (χ4v) is 1.88. The van der Waals surface area contributed by atoms with E-state index in [-0.39, 0.29) is 6.10 Å². The quantitative estimate of drug-likeness (QED) is 0.695. The second-order valence-electron chi connectivity index (χ2n) is 3.34. The molecule has 1 aromatic carbocycles. The zero-order chi connectivity index (χ0) is 9.97. The largest absolute Gasteiger partial charge is 0.399 e. The predicted octanol–water partition coefficient (Wildman–Crippen LogP) is 1.58. The van der Waals surface area contributed by atoms with Gasteiger partial charge in [-0.2, -0.15) is 0 Å². The molecule has 1 heterocycles. The maximum atomic E-state index is 6.08. The monoisotopic (exact) mass is 212 g/mol. The lowest BCUT2D eigenvalue weighted by Gasteiger charge is -2.24. The highest BCUT2D eigenvalue weighted by atomic mass is 35.5. The van der Waals surface area contributed by atoms with E-state index in [1.807, 2.05) is 12.1 Å². The average Bonchev–Trinajstić information content (AvgIpc) is 2.19. The third-order valence-corrected chi connectivity index (χ3v) is 2.63. The molecule has 0 aliphatic carbocycles. The lowest BCUT2D eigenvalue weighted by molar-refractivity contribution is 0.0278. The molecule has 4 heteroatoms. The van der Waals surface area contributed by atoms with Crippen LogP contribution in [0, 0.1) is 0 Å². The van der Waals surface area contributed by atoms with Crippen LogP contribution in [0.25, 0.3) is 0 Å². The number of hydrogen-bond acceptors (Lipinski definition) is 3. The van der Waals surface area contributed by atoms with Gasteiger partial charge in [-0.15, -0.1) is 0 Å². The summed E-state index contributed by atoms with van der Waals surface area (Å²) in [6.07, 6.45) is 0.0526. The van der Waals surface area contributed by atoms with Crippen LogP contribution >= 0.6 is 11.6 Å². The van der Waals surface area contributed by atoms with Crippen molar-refractivity contribution in [1.29, 1.82) is 0 Å². The van der Waals surface area contributed by atoms with Crippen molar-refractivity contribution in [3.63, 3.8) is 0 Å². The number of benzene rings is 1. The molecule has 1 saturated heterocycles. The summed E-state index contributed by atoms with van der Waals surface area (Å²) in [5, 5.41) is 3.94. The van der Waals surface area contributed by atoms with Gasteiger partial charge >= 0.3 is 0 Å². The molecule has 0 bridgehead atoms. The van der Waals surface area contributed by atoms with E-state index in [1.165, 1.54) is 0 Å². The molecule has 1 aromatic rings. The summed E-state index contributed by atoms with van der Waals surface area (Å²) in [5.74, 6) is 0. The van der Waals surface area contributed by atoms with Gasteiger partial charge in [-0.05, 0) is 12.1 Å². The van der Waals surface area contributed by atoms with E-state index >= 15 is 0 Å². The van der Waals surface area contributed by atoms with Gasteiger partial charge in [0.05, 0.1) is 12.7 Å². The first-order valence-corrected chi connectivity index (χ1v) is 5.02. The van der Waals surface area contributed by atoms with Crippen molar-refractivity contribution < 1.29 is 4.74 Å². The van der Waals surface area contributed by atoms with Crippen LogP contribution in [0.3, 0.4) is 0 Å². The van der Waals surface area contributed by atoms with Gasteiger partial charge in [0.2, 0.25) is 0 Å². The first-order valence-electron chi connectivity index (χ1n) is 4.64. The van der Waals surface area contributed by atoms with E-state index < -0.39 is 0 Å². The molecule has 3 N–H and O–H groups in total. The average molecular weight is 213 g/mol. The Labute approximate surface area is 88.2 Å². The van der Waals surface area contributed by atoms with E-state index in [0.29, 0.717) is 10.7 Å². The minimum absolute atomic E-state index is 0.0526. The molecule has 0 radical (unpaired) electrons. The van der Waals surface area contributed by atoms with Gasteiger partial charge in [-0.25, -0.2) is 0 Å². The molecular formula is C10H13ClN2O. The van der Waals surface area contributed by atoms with Crippen LogP contribution in [0.1, 0.15) is 11.7 Å². The van der Waals surface area contributed by atoms with Crippen LogP contribution < -0.4 is 11.1 Å². The first-order chi connectivity index (χ1) is 6.77. The molecule has 1 atom stereocenters. The molecule has 0 aromatic heterocycles. The second-order valence-corrected chi connectivity index (χ2v) is 3.75. The fourth-order valence-electron chi connectivity index (χ4n) is 1.57. The minimum atomic E-state index is 0.0526. The summed E-state index contributed by atoms with van der Waals surface area (Å²) < 4.78 is 5.60. The topological polar surface area (TPSA) is 47.3 Å². The summed E-state index contributed by atoms with van der Waals surface area (Å²) in [5.41, 5.74) is 7.31. The Morgan fingerprint density at radius 1 is 1.50 bits per heavy atom. The molecular weight excluding hydrogens is 200 g/mol. The van der Waals surface area contributed by atoms with Crippen molar-refractivity contribution in [2.24, 2.45) is 0 Å². The second kappa shape index (κ2) is 4.17. The predicted molar refractivity (Wildman–Crippen MR) is 57.4 cm³/mol. The Balaban J connectivity index is 2.22.